The number of anilines is 1. The third kappa shape index (κ3) is 4.62. The highest BCUT2D eigenvalue weighted by Crippen LogP contribution is 2.44. The van der Waals surface area contributed by atoms with Crippen molar-refractivity contribution in [3.63, 3.8) is 0 Å². The van der Waals surface area contributed by atoms with Crippen molar-refractivity contribution in [2.75, 3.05) is 37.7 Å². The molecule has 31 heavy (non-hydrogen) atoms. The minimum absolute atomic E-state index is 0.0821. The van der Waals surface area contributed by atoms with Gasteiger partial charge in [-0.2, -0.15) is 0 Å². The van der Waals surface area contributed by atoms with Crippen LogP contribution in [0.15, 0.2) is 22.6 Å². The summed E-state index contributed by atoms with van der Waals surface area (Å²) in [5.41, 5.74) is 2.37. The summed E-state index contributed by atoms with van der Waals surface area (Å²) in [7, 11) is 0. The van der Waals surface area contributed by atoms with Gasteiger partial charge < -0.3 is 14.4 Å². The Morgan fingerprint density at radius 3 is 2.61 bits per heavy atom. The quantitative estimate of drug-likeness (QED) is 0.709. The number of fused-ring (bicyclic) bond motifs is 1. The fourth-order valence-corrected chi connectivity index (χ4v) is 5.91. The van der Waals surface area contributed by atoms with E-state index in [1.807, 2.05) is 12.1 Å². The zero-order chi connectivity index (χ0) is 21.2. The molecule has 2 aliphatic heterocycles. The molecule has 1 aliphatic carbocycles. The van der Waals surface area contributed by atoms with Crippen LogP contribution in [0.25, 0.3) is 0 Å². The molecule has 1 atom stereocenters. The highest BCUT2D eigenvalue weighted by Gasteiger charge is 2.36. The zero-order valence-electron chi connectivity index (χ0n) is 18.2. The normalized spacial score (nSPS) is 23.4. The third-order valence-electron chi connectivity index (χ3n) is 7.42. The topological polar surface area (TPSA) is 65.6 Å². The summed E-state index contributed by atoms with van der Waals surface area (Å²) >= 11 is 6.66. The Balaban J connectivity index is 1.30. The molecule has 1 saturated carbocycles. The predicted molar refractivity (Wildman–Crippen MR) is 121 cm³/mol. The molecule has 1 unspecified atom stereocenters. The van der Waals surface area contributed by atoms with Crippen LogP contribution in [-0.4, -0.2) is 53.0 Å². The smallest absolute Gasteiger partial charge is 0.230 e. The van der Waals surface area contributed by atoms with Gasteiger partial charge >= 0.3 is 0 Å². The minimum Gasteiger partial charge on any atom is -0.423 e. The van der Waals surface area contributed by atoms with Crippen LogP contribution < -0.4 is 4.90 Å². The highest BCUT2D eigenvalue weighted by atomic mass is 35.5. The second kappa shape index (κ2) is 9.47. The van der Waals surface area contributed by atoms with Crippen LogP contribution in [0.3, 0.4) is 0 Å². The number of aromatic nitrogens is 2. The van der Waals surface area contributed by atoms with Crippen molar-refractivity contribution >= 4 is 17.3 Å². The van der Waals surface area contributed by atoms with Crippen molar-refractivity contribution in [1.29, 1.82) is 0 Å². The largest absolute Gasteiger partial charge is 0.423 e. The van der Waals surface area contributed by atoms with Crippen LogP contribution in [0, 0.1) is 11.8 Å². The van der Waals surface area contributed by atoms with Gasteiger partial charge in [-0.05, 0) is 62.2 Å². The molecule has 0 bridgehead atoms. The Bertz CT molecular complexity index is 874. The maximum atomic E-state index is 9.34. The summed E-state index contributed by atoms with van der Waals surface area (Å²) in [6.07, 6.45) is 8.76. The molecule has 168 valence electrons. The lowest BCUT2D eigenvalue weighted by atomic mass is 9.89. The number of benzene rings is 1. The van der Waals surface area contributed by atoms with Crippen LogP contribution in [0.2, 0.25) is 5.02 Å². The number of likely N-dealkylation sites (tertiary alicyclic amines) is 1. The predicted octanol–water partition coefficient (Wildman–Crippen LogP) is 4.46. The molecule has 0 radical (unpaired) electrons. The van der Waals surface area contributed by atoms with Crippen molar-refractivity contribution in [3.8, 4) is 0 Å². The fourth-order valence-electron chi connectivity index (χ4n) is 5.60. The molecule has 0 amide bonds. The van der Waals surface area contributed by atoms with E-state index in [0.717, 1.165) is 55.6 Å². The molecule has 3 aliphatic rings. The van der Waals surface area contributed by atoms with Gasteiger partial charge in [0.2, 0.25) is 11.8 Å². The number of nitrogens with zero attached hydrogens (tertiary/aromatic N) is 4. The number of hydrogen-bond donors (Lipinski definition) is 1. The number of hydrogen-bond acceptors (Lipinski definition) is 6. The summed E-state index contributed by atoms with van der Waals surface area (Å²) in [6, 6.07) is 6.18. The first-order valence-electron chi connectivity index (χ1n) is 11.9. The summed E-state index contributed by atoms with van der Waals surface area (Å²) in [6.45, 7) is 4.85. The molecular formula is C24H33ClN4O2. The average Bonchev–Trinajstić information content (AvgIpc) is 3.40. The van der Waals surface area contributed by atoms with E-state index in [1.165, 1.54) is 37.7 Å². The molecule has 2 aromatic rings. The molecule has 1 aromatic carbocycles. The van der Waals surface area contributed by atoms with E-state index in [1.54, 1.807) is 0 Å². The maximum Gasteiger partial charge on any atom is 0.230 e. The molecule has 1 N–H and O–H groups in total. The number of para-hydroxylation sites is 1. The molecule has 0 spiro atoms. The number of rotatable bonds is 6. The van der Waals surface area contributed by atoms with E-state index in [4.69, 9.17) is 16.0 Å². The third-order valence-corrected chi connectivity index (χ3v) is 7.73. The number of aliphatic hydroxyl groups excluding tert-OH is 1. The summed E-state index contributed by atoms with van der Waals surface area (Å²) in [4.78, 5) is 4.81. The van der Waals surface area contributed by atoms with Gasteiger partial charge in [0, 0.05) is 19.7 Å². The fraction of sp³-hybridized carbons (Fsp3) is 0.667. The lowest BCUT2D eigenvalue weighted by Crippen LogP contribution is -2.34. The standard InChI is InChI=1S/C24H33ClN4O2/c25-21-8-4-7-19-20(14-29(23(19)21)13-17-5-2-1-3-6-17)24-27-26-22(31-24)15-28-11-9-18(16-30)10-12-28/h4,7-8,17-18,20,30H,1-3,5-6,9-16H2. The molecule has 3 heterocycles. The van der Waals surface area contributed by atoms with Gasteiger partial charge in [-0.15, -0.1) is 10.2 Å². The monoisotopic (exact) mass is 444 g/mol. The Morgan fingerprint density at radius 2 is 1.84 bits per heavy atom. The number of halogens is 1. The molecular weight excluding hydrogens is 412 g/mol. The lowest BCUT2D eigenvalue weighted by molar-refractivity contribution is 0.120. The van der Waals surface area contributed by atoms with Gasteiger partial charge in [-0.3, -0.25) is 4.90 Å². The number of piperidine rings is 1. The Morgan fingerprint density at radius 1 is 1.03 bits per heavy atom. The van der Waals surface area contributed by atoms with Crippen molar-refractivity contribution in [2.24, 2.45) is 11.8 Å². The Kier molecular flexibility index (Phi) is 6.49. The van der Waals surface area contributed by atoms with Crippen molar-refractivity contribution in [2.45, 2.75) is 57.4 Å². The van der Waals surface area contributed by atoms with Crippen molar-refractivity contribution in [1.82, 2.24) is 15.1 Å². The first-order valence-corrected chi connectivity index (χ1v) is 12.3. The van der Waals surface area contributed by atoms with E-state index >= 15 is 0 Å². The maximum absolute atomic E-state index is 9.34. The van der Waals surface area contributed by atoms with E-state index in [0.29, 0.717) is 30.9 Å². The van der Waals surface area contributed by atoms with E-state index in [-0.39, 0.29) is 5.92 Å². The molecule has 2 fully saturated rings. The molecule has 1 saturated heterocycles. The first kappa shape index (κ1) is 21.2. The van der Waals surface area contributed by atoms with Gasteiger partial charge in [0.05, 0.1) is 23.2 Å². The van der Waals surface area contributed by atoms with Gasteiger partial charge in [0.25, 0.3) is 0 Å². The van der Waals surface area contributed by atoms with Crippen LogP contribution in [0.4, 0.5) is 5.69 Å². The number of aliphatic hydroxyl groups is 1. The summed E-state index contributed by atoms with van der Waals surface area (Å²) < 4.78 is 6.18. The first-order chi connectivity index (χ1) is 15.2. The minimum atomic E-state index is 0.0821. The van der Waals surface area contributed by atoms with Crippen LogP contribution in [-0.2, 0) is 6.54 Å². The highest BCUT2D eigenvalue weighted by molar-refractivity contribution is 6.33. The van der Waals surface area contributed by atoms with Gasteiger partial charge in [0.1, 0.15) is 0 Å². The Hall–Kier alpha value is -1.63. The van der Waals surface area contributed by atoms with E-state index < -0.39 is 0 Å². The van der Waals surface area contributed by atoms with Crippen molar-refractivity contribution in [3.05, 3.63) is 40.6 Å². The second-order valence-electron chi connectivity index (χ2n) is 9.58. The zero-order valence-corrected chi connectivity index (χ0v) is 18.9. The van der Waals surface area contributed by atoms with E-state index in [9.17, 15) is 5.11 Å². The van der Waals surface area contributed by atoms with Gasteiger partial charge in [-0.25, -0.2) is 0 Å². The summed E-state index contributed by atoms with van der Waals surface area (Å²) in [5.74, 6) is 2.65. The van der Waals surface area contributed by atoms with Crippen LogP contribution in [0.5, 0.6) is 0 Å². The SMILES string of the molecule is OCC1CCN(Cc2nnc(C3CN(CC4CCCCC4)c4c(Cl)cccc43)o2)CC1. The van der Waals surface area contributed by atoms with Crippen LogP contribution >= 0.6 is 11.6 Å². The lowest BCUT2D eigenvalue weighted by Gasteiger charge is -2.29. The van der Waals surface area contributed by atoms with Gasteiger partial charge in [-0.1, -0.05) is 43.0 Å². The molecule has 7 heteroatoms. The molecule has 5 rings (SSSR count). The Labute approximate surface area is 189 Å². The van der Waals surface area contributed by atoms with Crippen LogP contribution in [0.1, 0.15) is 68.2 Å². The molecule has 1 aromatic heterocycles. The van der Waals surface area contributed by atoms with E-state index in [2.05, 4.69) is 26.1 Å². The van der Waals surface area contributed by atoms with Crippen molar-refractivity contribution < 1.29 is 9.52 Å². The second-order valence-corrected chi connectivity index (χ2v) is 9.98. The summed E-state index contributed by atoms with van der Waals surface area (Å²) in [5, 5.41) is 19.0. The molecule has 6 nitrogen and oxygen atoms in total. The average molecular weight is 445 g/mol. The van der Waals surface area contributed by atoms with Gasteiger partial charge in [0.15, 0.2) is 0 Å².